The van der Waals surface area contributed by atoms with Gasteiger partial charge in [-0.05, 0) is 36.4 Å². The van der Waals surface area contributed by atoms with Crippen molar-refractivity contribution in [1.29, 1.82) is 0 Å². The van der Waals surface area contributed by atoms with Crippen molar-refractivity contribution in [2.24, 2.45) is 0 Å². The Balaban J connectivity index is 1.96. The Labute approximate surface area is 132 Å². The SMILES string of the molecule is COc1ccc(-n2c(N)nc3ccccc32)cc1-c1ccoc1. The molecule has 2 heterocycles. The number of nitrogen functional groups attached to an aromatic ring is 1. The van der Waals surface area contributed by atoms with Gasteiger partial charge in [0.15, 0.2) is 0 Å². The van der Waals surface area contributed by atoms with Crippen LogP contribution in [0.3, 0.4) is 0 Å². The highest BCUT2D eigenvalue weighted by molar-refractivity contribution is 5.82. The predicted molar refractivity (Wildman–Crippen MR) is 89.7 cm³/mol. The molecule has 0 fully saturated rings. The van der Waals surface area contributed by atoms with Crippen LogP contribution in [0.1, 0.15) is 0 Å². The summed E-state index contributed by atoms with van der Waals surface area (Å²) in [7, 11) is 1.65. The van der Waals surface area contributed by atoms with Crippen LogP contribution in [0, 0.1) is 0 Å². The van der Waals surface area contributed by atoms with Gasteiger partial charge in [-0.3, -0.25) is 4.57 Å². The van der Waals surface area contributed by atoms with Crippen LogP contribution in [0.2, 0.25) is 0 Å². The molecule has 23 heavy (non-hydrogen) atoms. The molecule has 0 atom stereocenters. The van der Waals surface area contributed by atoms with Crippen LogP contribution < -0.4 is 10.5 Å². The highest BCUT2D eigenvalue weighted by Crippen LogP contribution is 2.34. The fraction of sp³-hybridized carbons (Fsp3) is 0.0556. The fourth-order valence-electron chi connectivity index (χ4n) is 2.79. The minimum absolute atomic E-state index is 0.453. The number of aromatic nitrogens is 2. The van der Waals surface area contributed by atoms with Crippen molar-refractivity contribution in [1.82, 2.24) is 9.55 Å². The molecule has 2 N–H and O–H groups in total. The van der Waals surface area contributed by atoms with E-state index in [1.807, 2.05) is 53.1 Å². The first-order valence-electron chi connectivity index (χ1n) is 7.22. The van der Waals surface area contributed by atoms with E-state index in [9.17, 15) is 0 Å². The standard InChI is InChI=1S/C18H15N3O2/c1-22-17-7-6-13(10-14(17)12-8-9-23-11-12)21-16-5-3-2-4-15(16)20-18(21)19/h2-11H,1H3,(H2,19,20). The molecule has 114 valence electrons. The summed E-state index contributed by atoms with van der Waals surface area (Å²) < 4.78 is 12.6. The number of methoxy groups -OCH3 is 1. The number of rotatable bonds is 3. The number of ether oxygens (including phenoxy) is 1. The van der Waals surface area contributed by atoms with Crippen LogP contribution >= 0.6 is 0 Å². The predicted octanol–water partition coefficient (Wildman–Crippen LogP) is 3.88. The fourth-order valence-corrected chi connectivity index (χ4v) is 2.79. The second-order valence-electron chi connectivity index (χ2n) is 5.19. The molecule has 2 aromatic carbocycles. The number of furan rings is 1. The summed E-state index contributed by atoms with van der Waals surface area (Å²) in [4.78, 5) is 4.42. The zero-order valence-electron chi connectivity index (χ0n) is 12.6. The van der Waals surface area contributed by atoms with Crippen molar-refractivity contribution in [3.05, 3.63) is 61.1 Å². The summed E-state index contributed by atoms with van der Waals surface area (Å²) in [6.07, 6.45) is 3.33. The Kier molecular flexibility index (Phi) is 3.05. The zero-order chi connectivity index (χ0) is 15.8. The number of imidazole rings is 1. The van der Waals surface area contributed by atoms with Crippen molar-refractivity contribution < 1.29 is 9.15 Å². The van der Waals surface area contributed by atoms with Gasteiger partial charge >= 0.3 is 0 Å². The maximum Gasteiger partial charge on any atom is 0.205 e. The topological polar surface area (TPSA) is 66.2 Å². The Hall–Kier alpha value is -3.21. The Morgan fingerprint density at radius 2 is 2.00 bits per heavy atom. The molecule has 0 radical (unpaired) electrons. The van der Waals surface area contributed by atoms with Crippen molar-refractivity contribution in [2.75, 3.05) is 12.8 Å². The van der Waals surface area contributed by atoms with Gasteiger partial charge in [-0.15, -0.1) is 0 Å². The van der Waals surface area contributed by atoms with Crippen LogP contribution in [0.25, 0.3) is 27.8 Å². The number of para-hydroxylation sites is 2. The van der Waals surface area contributed by atoms with E-state index in [4.69, 9.17) is 14.9 Å². The van der Waals surface area contributed by atoms with E-state index in [0.717, 1.165) is 33.6 Å². The first-order chi connectivity index (χ1) is 11.3. The Morgan fingerprint density at radius 3 is 2.78 bits per heavy atom. The first kappa shape index (κ1) is 13.5. The van der Waals surface area contributed by atoms with Crippen molar-refractivity contribution in [3.8, 4) is 22.6 Å². The van der Waals surface area contributed by atoms with Crippen molar-refractivity contribution >= 4 is 17.0 Å². The largest absolute Gasteiger partial charge is 0.496 e. The molecule has 0 saturated heterocycles. The second-order valence-corrected chi connectivity index (χ2v) is 5.19. The van der Waals surface area contributed by atoms with Gasteiger partial charge in [-0.1, -0.05) is 12.1 Å². The third-order valence-corrected chi connectivity index (χ3v) is 3.86. The van der Waals surface area contributed by atoms with Crippen LogP contribution in [0.4, 0.5) is 5.95 Å². The lowest BCUT2D eigenvalue weighted by Crippen LogP contribution is -2.01. The average Bonchev–Trinajstić information content (AvgIpc) is 3.21. The molecular weight excluding hydrogens is 290 g/mol. The highest BCUT2D eigenvalue weighted by atomic mass is 16.5. The molecule has 2 aromatic heterocycles. The van der Waals surface area contributed by atoms with Gasteiger partial charge in [0, 0.05) is 16.8 Å². The molecule has 0 amide bonds. The monoisotopic (exact) mass is 305 g/mol. The number of anilines is 1. The summed E-state index contributed by atoms with van der Waals surface area (Å²) in [5.74, 6) is 1.23. The third kappa shape index (κ3) is 2.14. The van der Waals surface area contributed by atoms with E-state index in [2.05, 4.69) is 4.98 Å². The maximum absolute atomic E-state index is 6.13. The van der Waals surface area contributed by atoms with Gasteiger partial charge in [0.05, 0.1) is 30.7 Å². The summed E-state index contributed by atoms with van der Waals surface area (Å²) in [6, 6.07) is 15.7. The number of fused-ring (bicyclic) bond motifs is 1. The molecule has 5 nitrogen and oxygen atoms in total. The van der Waals surface area contributed by atoms with E-state index in [0.29, 0.717) is 5.95 Å². The number of nitrogens with two attached hydrogens (primary N) is 1. The molecule has 0 spiro atoms. The number of benzene rings is 2. The van der Waals surface area contributed by atoms with E-state index >= 15 is 0 Å². The molecule has 0 aliphatic rings. The summed E-state index contributed by atoms with van der Waals surface area (Å²) >= 11 is 0. The lowest BCUT2D eigenvalue weighted by Gasteiger charge is -2.12. The minimum Gasteiger partial charge on any atom is -0.496 e. The van der Waals surface area contributed by atoms with Crippen LogP contribution in [-0.2, 0) is 0 Å². The van der Waals surface area contributed by atoms with E-state index in [1.54, 1.807) is 19.6 Å². The van der Waals surface area contributed by atoms with Gasteiger partial charge in [0.2, 0.25) is 5.95 Å². The second kappa shape index (κ2) is 5.21. The number of hydrogen-bond acceptors (Lipinski definition) is 4. The number of nitrogens with zero attached hydrogens (tertiary/aromatic N) is 2. The molecular formula is C18H15N3O2. The van der Waals surface area contributed by atoms with Crippen LogP contribution in [0.15, 0.2) is 65.5 Å². The summed E-state index contributed by atoms with van der Waals surface area (Å²) in [5, 5.41) is 0. The van der Waals surface area contributed by atoms with Crippen molar-refractivity contribution in [3.63, 3.8) is 0 Å². The zero-order valence-corrected chi connectivity index (χ0v) is 12.6. The average molecular weight is 305 g/mol. The van der Waals surface area contributed by atoms with Gasteiger partial charge in [-0.2, -0.15) is 0 Å². The van der Waals surface area contributed by atoms with Crippen molar-refractivity contribution in [2.45, 2.75) is 0 Å². The smallest absolute Gasteiger partial charge is 0.205 e. The molecule has 0 aliphatic heterocycles. The Bertz CT molecular complexity index is 971. The van der Waals surface area contributed by atoms with E-state index in [-0.39, 0.29) is 0 Å². The summed E-state index contributed by atoms with van der Waals surface area (Å²) in [5.41, 5.74) is 10.8. The van der Waals surface area contributed by atoms with Crippen LogP contribution in [0.5, 0.6) is 5.75 Å². The molecule has 5 heteroatoms. The van der Waals surface area contributed by atoms with Gasteiger partial charge < -0.3 is 14.9 Å². The highest BCUT2D eigenvalue weighted by Gasteiger charge is 2.13. The molecule has 4 rings (SSSR count). The van der Waals surface area contributed by atoms with E-state index in [1.165, 1.54) is 0 Å². The van der Waals surface area contributed by atoms with E-state index < -0.39 is 0 Å². The first-order valence-corrected chi connectivity index (χ1v) is 7.22. The lowest BCUT2D eigenvalue weighted by molar-refractivity contribution is 0.416. The summed E-state index contributed by atoms with van der Waals surface area (Å²) in [6.45, 7) is 0. The maximum atomic E-state index is 6.13. The molecule has 0 saturated carbocycles. The normalized spacial score (nSPS) is 11.0. The van der Waals surface area contributed by atoms with Crippen LogP contribution in [-0.4, -0.2) is 16.7 Å². The molecule has 0 unspecified atom stereocenters. The van der Waals surface area contributed by atoms with Gasteiger partial charge in [0.25, 0.3) is 0 Å². The third-order valence-electron chi connectivity index (χ3n) is 3.86. The minimum atomic E-state index is 0.453. The lowest BCUT2D eigenvalue weighted by atomic mass is 10.1. The molecule has 0 bridgehead atoms. The van der Waals surface area contributed by atoms with Gasteiger partial charge in [0.1, 0.15) is 5.75 Å². The molecule has 4 aromatic rings. The molecule has 0 aliphatic carbocycles. The Morgan fingerprint density at radius 1 is 1.13 bits per heavy atom. The quantitative estimate of drug-likeness (QED) is 0.624. The van der Waals surface area contributed by atoms with Gasteiger partial charge in [-0.25, -0.2) is 4.98 Å². The number of hydrogen-bond donors (Lipinski definition) is 1.